The van der Waals surface area contributed by atoms with Crippen molar-refractivity contribution < 1.29 is 9.63 Å². The number of aromatic nitrogens is 3. The lowest BCUT2D eigenvalue weighted by molar-refractivity contribution is 0.141. The zero-order valence-corrected chi connectivity index (χ0v) is 13.9. The molecule has 0 atom stereocenters. The fraction of sp³-hybridized carbons (Fsp3) is 0.316. The Kier molecular flexibility index (Phi) is 4.43. The van der Waals surface area contributed by atoms with Gasteiger partial charge in [0.2, 0.25) is 0 Å². The van der Waals surface area contributed by atoms with Gasteiger partial charge in [0, 0.05) is 25.7 Å². The molecule has 1 aliphatic rings. The summed E-state index contributed by atoms with van der Waals surface area (Å²) in [6.45, 7) is 1.27. The van der Waals surface area contributed by atoms with Crippen molar-refractivity contribution in [3.63, 3.8) is 0 Å². The maximum Gasteiger partial charge on any atom is 0.259 e. The minimum atomic E-state index is -0.240. The first-order valence-electron chi connectivity index (χ1n) is 8.54. The molecule has 0 radical (unpaired) electrons. The van der Waals surface area contributed by atoms with E-state index in [-0.39, 0.29) is 6.10 Å². The molecular formula is C19H20N4O2. The van der Waals surface area contributed by atoms with Gasteiger partial charge in [0.15, 0.2) is 5.82 Å². The number of pyridine rings is 1. The average Bonchev–Trinajstić information content (AvgIpc) is 3.09. The van der Waals surface area contributed by atoms with E-state index >= 15 is 0 Å². The summed E-state index contributed by atoms with van der Waals surface area (Å²) in [6.07, 6.45) is 4.27. The summed E-state index contributed by atoms with van der Waals surface area (Å²) in [7, 11) is 0. The molecule has 1 fully saturated rings. The van der Waals surface area contributed by atoms with Gasteiger partial charge in [-0.3, -0.25) is 0 Å². The van der Waals surface area contributed by atoms with Crippen molar-refractivity contribution in [2.24, 2.45) is 0 Å². The molecule has 6 heteroatoms. The van der Waals surface area contributed by atoms with Gasteiger partial charge in [-0.25, -0.2) is 4.98 Å². The van der Waals surface area contributed by atoms with Gasteiger partial charge in [-0.2, -0.15) is 4.98 Å². The summed E-state index contributed by atoms with van der Waals surface area (Å²) in [5.74, 6) is 2.08. The lowest BCUT2D eigenvalue weighted by Crippen LogP contribution is -2.51. The summed E-state index contributed by atoms with van der Waals surface area (Å²) in [4.78, 5) is 10.9. The topological polar surface area (TPSA) is 75.3 Å². The van der Waals surface area contributed by atoms with Crippen LogP contribution in [0.25, 0.3) is 11.5 Å². The van der Waals surface area contributed by atoms with Crippen molar-refractivity contribution in [3.05, 3.63) is 60.0 Å². The van der Waals surface area contributed by atoms with Crippen LogP contribution in [0.15, 0.2) is 53.2 Å². The Balaban J connectivity index is 1.34. The summed E-state index contributed by atoms with van der Waals surface area (Å²) in [6, 6.07) is 14.2. The van der Waals surface area contributed by atoms with E-state index in [1.165, 1.54) is 5.56 Å². The highest BCUT2D eigenvalue weighted by Gasteiger charge is 2.25. The van der Waals surface area contributed by atoms with E-state index in [4.69, 9.17) is 4.52 Å². The van der Waals surface area contributed by atoms with E-state index < -0.39 is 0 Å². The summed E-state index contributed by atoms with van der Waals surface area (Å²) >= 11 is 0. The van der Waals surface area contributed by atoms with Gasteiger partial charge in [-0.1, -0.05) is 35.5 Å². The fourth-order valence-electron chi connectivity index (χ4n) is 2.91. The van der Waals surface area contributed by atoms with Gasteiger partial charge in [0.05, 0.1) is 11.7 Å². The first-order valence-corrected chi connectivity index (χ1v) is 8.54. The van der Waals surface area contributed by atoms with E-state index in [0.29, 0.717) is 19.0 Å². The normalized spacial score (nSPS) is 14.5. The van der Waals surface area contributed by atoms with Gasteiger partial charge in [0.1, 0.15) is 5.82 Å². The zero-order valence-electron chi connectivity index (χ0n) is 13.9. The number of β-amino-alcohol motifs (C(OH)–C–C–N with tert-alkyl or cyclic N) is 1. The number of hydrogen-bond donors (Lipinski definition) is 1. The fourth-order valence-corrected chi connectivity index (χ4v) is 2.91. The molecule has 0 unspecified atom stereocenters. The number of anilines is 1. The quantitative estimate of drug-likeness (QED) is 0.745. The third-order valence-electron chi connectivity index (χ3n) is 4.36. The maximum atomic E-state index is 9.36. The van der Waals surface area contributed by atoms with Crippen LogP contribution in [0.2, 0.25) is 0 Å². The Labute approximate surface area is 146 Å². The number of benzene rings is 1. The molecule has 0 amide bonds. The van der Waals surface area contributed by atoms with Crippen LogP contribution in [-0.4, -0.2) is 39.4 Å². The second-order valence-electron chi connectivity index (χ2n) is 6.32. The lowest BCUT2D eigenvalue weighted by atomic mass is 10.1. The number of aliphatic hydroxyl groups is 1. The Hall–Kier alpha value is -2.73. The smallest absolute Gasteiger partial charge is 0.259 e. The number of aliphatic hydroxyl groups excluding tert-OH is 1. The number of nitrogens with zero attached hydrogens (tertiary/aromatic N) is 4. The largest absolute Gasteiger partial charge is 0.389 e. The van der Waals surface area contributed by atoms with Crippen LogP contribution >= 0.6 is 0 Å². The molecule has 1 aliphatic heterocycles. The molecule has 0 saturated carbocycles. The van der Waals surface area contributed by atoms with Crippen LogP contribution in [0.3, 0.4) is 0 Å². The van der Waals surface area contributed by atoms with Crippen LogP contribution in [0, 0.1) is 0 Å². The number of aryl methyl sites for hydroxylation is 2. The third kappa shape index (κ3) is 3.69. The predicted octanol–water partition coefficient (Wildman–Crippen LogP) is 2.49. The predicted molar refractivity (Wildman–Crippen MR) is 94.2 cm³/mol. The monoisotopic (exact) mass is 336 g/mol. The molecule has 1 N–H and O–H groups in total. The first kappa shape index (κ1) is 15.8. The lowest BCUT2D eigenvalue weighted by Gasteiger charge is -2.36. The van der Waals surface area contributed by atoms with E-state index in [9.17, 15) is 5.11 Å². The van der Waals surface area contributed by atoms with Crippen LogP contribution in [0.4, 0.5) is 5.82 Å². The Morgan fingerprint density at radius 2 is 1.92 bits per heavy atom. The first-order chi connectivity index (χ1) is 12.3. The molecular weight excluding hydrogens is 316 g/mol. The van der Waals surface area contributed by atoms with E-state index in [1.54, 1.807) is 6.20 Å². The molecule has 1 aromatic carbocycles. The maximum absolute atomic E-state index is 9.36. The van der Waals surface area contributed by atoms with Gasteiger partial charge in [-0.05, 0) is 30.5 Å². The molecule has 4 rings (SSSR count). The molecule has 128 valence electrons. The molecule has 0 spiro atoms. The van der Waals surface area contributed by atoms with Gasteiger partial charge in [0.25, 0.3) is 5.89 Å². The molecule has 0 bridgehead atoms. The van der Waals surface area contributed by atoms with Crippen molar-refractivity contribution in [1.82, 2.24) is 15.1 Å². The van der Waals surface area contributed by atoms with Crippen molar-refractivity contribution in [2.75, 3.05) is 18.0 Å². The van der Waals surface area contributed by atoms with E-state index in [1.807, 2.05) is 23.1 Å². The second kappa shape index (κ2) is 7.03. The van der Waals surface area contributed by atoms with Crippen molar-refractivity contribution in [2.45, 2.75) is 25.4 Å². The molecule has 3 heterocycles. The van der Waals surface area contributed by atoms with Crippen LogP contribution in [0.5, 0.6) is 0 Å². The highest BCUT2D eigenvalue weighted by atomic mass is 16.5. The number of rotatable bonds is 6. The standard InChI is InChI=1S/C19H20N4O2/c24-16-12-23(13-16)18-10-9-15(11-20-18)19-21-17(22-25-19)8-4-7-14-5-2-1-3-6-14/h1-3,5-6,9-11,16,24H,4,7-8,12-13H2. The Morgan fingerprint density at radius 3 is 2.64 bits per heavy atom. The van der Waals surface area contributed by atoms with Crippen molar-refractivity contribution in [3.8, 4) is 11.5 Å². The third-order valence-corrected chi connectivity index (χ3v) is 4.36. The highest BCUT2D eigenvalue weighted by Crippen LogP contribution is 2.22. The summed E-state index contributed by atoms with van der Waals surface area (Å²) in [5.41, 5.74) is 2.13. The number of hydrogen-bond acceptors (Lipinski definition) is 6. The molecule has 6 nitrogen and oxygen atoms in total. The van der Waals surface area contributed by atoms with Gasteiger partial charge >= 0.3 is 0 Å². The minimum absolute atomic E-state index is 0.240. The Bertz CT molecular complexity index is 811. The van der Waals surface area contributed by atoms with Gasteiger partial charge < -0.3 is 14.5 Å². The van der Waals surface area contributed by atoms with E-state index in [0.717, 1.165) is 36.5 Å². The van der Waals surface area contributed by atoms with Crippen LogP contribution in [0.1, 0.15) is 17.8 Å². The molecule has 2 aromatic heterocycles. The molecule has 3 aromatic rings. The van der Waals surface area contributed by atoms with E-state index in [2.05, 4.69) is 39.4 Å². The Morgan fingerprint density at radius 1 is 1.08 bits per heavy atom. The summed E-state index contributed by atoms with van der Waals surface area (Å²) < 4.78 is 5.36. The van der Waals surface area contributed by atoms with Gasteiger partial charge in [-0.15, -0.1) is 0 Å². The minimum Gasteiger partial charge on any atom is -0.389 e. The molecule has 1 saturated heterocycles. The van der Waals surface area contributed by atoms with Crippen molar-refractivity contribution in [1.29, 1.82) is 0 Å². The highest BCUT2D eigenvalue weighted by molar-refractivity contribution is 5.55. The summed E-state index contributed by atoms with van der Waals surface area (Å²) in [5, 5.41) is 13.4. The van der Waals surface area contributed by atoms with Crippen LogP contribution in [-0.2, 0) is 12.8 Å². The van der Waals surface area contributed by atoms with Crippen LogP contribution < -0.4 is 4.90 Å². The SMILES string of the molecule is OC1CN(c2ccc(-c3nc(CCCc4ccccc4)no3)cn2)C1. The molecule has 0 aliphatic carbocycles. The van der Waals surface area contributed by atoms with Crippen molar-refractivity contribution >= 4 is 5.82 Å². The second-order valence-corrected chi connectivity index (χ2v) is 6.32. The zero-order chi connectivity index (χ0) is 17.1. The molecule has 25 heavy (non-hydrogen) atoms. The average molecular weight is 336 g/mol.